The van der Waals surface area contributed by atoms with Gasteiger partial charge in [-0.15, -0.1) is 11.8 Å². The van der Waals surface area contributed by atoms with Gasteiger partial charge in [0.1, 0.15) is 5.92 Å². The molecular formula is C15H17NO3S. The van der Waals surface area contributed by atoms with Crippen LogP contribution in [0.1, 0.15) is 23.1 Å². The molecule has 0 saturated heterocycles. The molecule has 2 unspecified atom stereocenters. The van der Waals surface area contributed by atoms with E-state index >= 15 is 0 Å². The standard InChI is InChI=1S/C15H17NO3S/c1-19-15(18)13(10-6-4-3-5-7-10)14(17)11-8-12(20-2)16-9-11/h3-9,13-14,16-17H,1-2H3. The topological polar surface area (TPSA) is 62.3 Å². The van der Waals surface area contributed by atoms with Gasteiger partial charge in [-0.2, -0.15) is 0 Å². The fourth-order valence-corrected chi connectivity index (χ4v) is 2.54. The number of aromatic amines is 1. The number of benzene rings is 1. The van der Waals surface area contributed by atoms with E-state index < -0.39 is 18.0 Å². The van der Waals surface area contributed by atoms with Crippen LogP contribution in [0, 0.1) is 0 Å². The Morgan fingerprint density at radius 3 is 2.55 bits per heavy atom. The van der Waals surface area contributed by atoms with Crippen molar-refractivity contribution in [3.63, 3.8) is 0 Å². The van der Waals surface area contributed by atoms with Gasteiger partial charge in [0.15, 0.2) is 0 Å². The summed E-state index contributed by atoms with van der Waals surface area (Å²) >= 11 is 1.55. The highest BCUT2D eigenvalue weighted by Crippen LogP contribution is 2.33. The van der Waals surface area contributed by atoms with Crippen LogP contribution >= 0.6 is 11.8 Å². The number of carbonyl (C=O) groups is 1. The highest BCUT2D eigenvalue weighted by molar-refractivity contribution is 7.98. The van der Waals surface area contributed by atoms with Gasteiger partial charge in [-0.25, -0.2) is 0 Å². The molecule has 0 saturated carbocycles. The number of aliphatic hydroxyl groups is 1. The van der Waals surface area contributed by atoms with E-state index in [-0.39, 0.29) is 0 Å². The summed E-state index contributed by atoms with van der Waals surface area (Å²) in [5.74, 6) is -1.18. The van der Waals surface area contributed by atoms with Gasteiger partial charge in [-0.05, 0) is 17.9 Å². The first-order valence-corrected chi connectivity index (χ1v) is 7.43. The maximum Gasteiger partial charge on any atom is 0.316 e. The number of aromatic nitrogens is 1. The molecule has 0 aliphatic rings. The quantitative estimate of drug-likeness (QED) is 0.657. The van der Waals surface area contributed by atoms with Crippen LogP contribution in [0.15, 0.2) is 47.6 Å². The largest absolute Gasteiger partial charge is 0.468 e. The number of carbonyl (C=O) groups excluding carboxylic acids is 1. The Morgan fingerprint density at radius 2 is 2.00 bits per heavy atom. The molecule has 20 heavy (non-hydrogen) atoms. The summed E-state index contributed by atoms with van der Waals surface area (Å²) in [4.78, 5) is 15.1. The van der Waals surface area contributed by atoms with E-state index in [9.17, 15) is 9.90 Å². The summed E-state index contributed by atoms with van der Waals surface area (Å²) in [6, 6.07) is 11.0. The zero-order chi connectivity index (χ0) is 14.5. The predicted molar refractivity (Wildman–Crippen MR) is 78.7 cm³/mol. The number of esters is 1. The minimum atomic E-state index is -0.943. The molecule has 2 aromatic rings. The minimum absolute atomic E-state index is 0.449. The Morgan fingerprint density at radius 1 is 1.30 bits per heavy atom. The van der Waals surface area contributed by atoms with Gasteiger partial charge in [0.05, 0.1) is 18.2 Å². The normalized spacial score (nSPS) is 13.8. The van der Waals surface area contributed by atoms with Crippen molar-refractivity contribution in [3.8, 4) is 0 Å². The van der Waals surface area contributed by atoms with E-state index in [1.807, 2.05) is 42.7 Å². The van der Waals surface area contributed by atoms with E-state index in [4.69, 9.17) is 4.74 Å². The molecule has 2 N–H and O–H groups in total. The summed E-state index contributed by atoms with van der Waals surface area (Å²) in [5.41, 5.74) is 1.41. The smallest absolute Gasteiger partial charge is 0.316 e. The fourth-order valence-electron chi connectivity index (χ4n) is 2.10. The zero-order valence-corrected chi connectivity index (χ0v) is 12.2. The molecule has 5 heteroatoms. The van der Waals surface area contributed by atoms with Gasteiger partial charge >= 0.3 is 5.97 Å². The third-order valence-corrected chi connectivity index (χ3v) is 3.85. The maximum atomic E-state index is 12.0. The van der Waals surface area contributed by atoms with Crippen LogP contribution < -0.4 is 0 Å². The first kappa shape index (κ1) is 14.7. The molecular weight excluding hydrogens is 274 g/mol. The van der Waals surface area contributed by atoms with Crippen molar-refractivity contribution in [2.24, 2.45) is 0 Å². The number of hydrogen-bond acceptors (Lipinski definition) is 4. The van der Waals surface area contributed by atoms with Gasteiger partial charge < -0.3 is 14.8 Å². The molecule has 0 aliphatic heterocycles. The second-order valence-electron chi connectivity index (χ2n) is 4.36. The van der Waals surface area contributed by atoms with Crippen LogP contribution in [0.3, 0.4) is 0 Å². The molecule has 2 rings (SSSR count). The lowest BCUT2D eigenvalue weighted by molar-refractivity contribution is -0.145. The number of nitrogens with one attached hydrogen (secondary N) is 1. The molecule has 0 spiro atoms. The highest BCUT2D eigenvalue weighted by atomic mass is 32.2. The molecule has 0 amide bonds. The van der Waals surface area contributed by atoms with Crippen LogP contribution in [0.5, 0.6) is 0 Å². The van der Waals surface area contributed by atoms with Crippen LogP contribution in [-0.2, 0) is 9.53 Å². The van der Waals surface area contributed by atoms with E-state index in [1.165, 1.54) is 7.11 Å². The number of methoxy groups -OCH3 is 1. The van der Waals surface area contributed by atoms with Crippen molar-refractivity contribution < 1.29 is 14.6 Å². The summed E-state index contributed by atoms with van der Waals surface area (Å²) in [7, 11) is 1.33. The number of hydrogen-bond donors (Lipinski definition) is 2. The summed E-state index contributed by atoms with van der Waals surface area (Å²) in [6.45, 7) is 0. The third-order valence-electron chi connectivity index (χ3n) is 3.17. The van der Waals surface area contributed by atoms with E-state index in [2.05, 4.69) is 4.98 Å². The van der Waals surface area contributed by atoms with Crippen molar-refractivity contribution in [2.45, 2.75) is 17.0 Å². The Labute approximate surface area is 122 Å². The first-order valence-electron chi connectivity index (χ1n) is 6.20. The van der Waals surface area contributed by atoms with Crippen molar-refractivity contribution in [1.29, 1.82) is 0 Å². The maximum absolute atomic E-state index is 12.0. The molecule has 0 radical (unpaired) electrons. The monoisotopic (exact) mass is 291 g/mol. The summed E-state index contributed by atoms with van der Waals surface area (Å²) in [5, 5.41) is 11.5. The van der Waals surface area contributed by atoms with Gasteiger partial charge in [0.2, 0.25) is 0 Å². The Balaban J connectivity index is 2.33. The molecule has 2 atom stereocenters. The van der Waals surface area contributed by atoms with Gasteiger partial charge in [-0.1, -0.05) is 30.3 Å². The van der Waals surface area contributed by atoms with Crippen molar-refractivity contribution in [2.75, 3.05) is 13.4 Å². The van der Waals surface area contributed by atoms with Crippen molar-refractivity contribution in [3.05, 3.63) is 53.7 Å². The lowest BCUT2D eigenvalue weighted by Crippen LogP contribution is -2.21. The Hall–Kier alpha value is -1.72. The average molecular weight is 291 g/mol. The Bertz CT molecular complexity index is 568. The van der Waals surface area contributed by atoms with Crippen molar-refractivity contribution >= 4 is 17.7 Å². The number of thioether (sulfide) groups is 1. The number of rotatable bonds is 5. The highest BCUT2D eigenvalue weighted by Gasteiger charge is 2.31. The lowest BCUT2D eigenvalue weighted by atomic mass is 9.90. The van der Waals surface area contributed by atoms with Gasteiger partial charge in [-0.3, -0.25) is 4.79 Å². The fraction of sp³-hybridized carbons (Fsp3) is 0.267. The van der Waals surface area contributed by atoms with Gasteiger partial charge in [0.25, 0.3) is 0 Å². The molecule has 0 aliphatic carbocycles. The number of aliphatic hydroxyl groups excluding tert-OH is 1. The molecule has 1 aromatic carbocycles. The summed E-state index contributed by atoms with van der Waals surface area (Å²) in [6.07, 6.45) is 2.72. The second kappa shape index (κ2) is 6.63. The number of H-pyrrole nitrogens is 1. The van der Waals surface area contributed by atoms with Gasteiger partial charge in [0, 0.05) is 11.8 Å². The SMILES string of the molecule is COC(=O)C(c1ccccc1)C(O)c1c[nH]c(SC)c1. The van der Waals surface area contributed by atoms with Crippen LogP contribution in [0.4, 0.5) is 0 Å². The second-order valence-corrected chi connectivity index (χ2v) is 5.21. The minimum Gasteiger partial charge on any atom is -0.468 e. The number of ether oxygens (including phenoxy) is 1. The van der Waals surface area contributed by atoms with Crippen molar-refractivity contribution in [1.82, 2.24) is 4.98 Å². The zero-order valence-electron chi connectivity index (χ0n) is 11.4. The molecule has 0 fully saturated rings. The lowest BCUT2D eigenvalue weighted by Gasteiger charge is -2.20. The predicted octanol–water partition coefficient (Wildman–Crippen LogP) is 2.73. The van der Waals surface area contributed by atoms with E-state index in [0.29, 0.717) is 5.56 Å². The van der Waals surface area contributed by atoms with E-state index in [1.54, 1.807) is 18.0 Å². The molecule has 1 heterocycles. The molecule has 4 nitrogen and oxygen atoms in total. The molecule has 106 valence electrons. The van der Waals surface area contributed by atoms with Crippen LogP contribution in [-0.4, -0.2) is 29.4 Å². The summed E-state index contributed by atoms with van der Waals surface area (Å²) < 4.78 is 4.83. The van der Waals surface area contributed by atoms with E-state index in [0.717, 1.165) is 10.6 Å². The third kappa shape index (κ3) is 3.05. The Kier molecular flexibility index (Phi) is 4.87. The van der Waals surface area contributed by atoms with Crippen LogP contribution in [0.25, 0.3) is 0 Å². The average Bonchev–Trinajstić information content (AvgIpc) is 2.97. The molecule has 0 bridgehead atoms. The van der Waals surface area contributed by atoms with Crippen LogP contribution in [0.2, 0.25) is 0 Å². The molecule has 1 aromatic heterocycles. The first-order chi connectivity index (χ1) is 9.67.